The van der Waals surface area contributed by atoms with Gasteiger partial charge in [0.15, 0.2) is 11.5 Å². The molecule has 2 rings (SSSR count). The van der Waals surface area contributed by atoms with Gasteiger partial charge in [-0.1, -0.05) is 0 Å². The molecule has 2 aromatic rings. The van der Waals surface area contributed by atoms with E-state index < -0.39 is 10.0 Å². The van der Waals surface area contributed by atoms with Gasteiger partial charge in [0.05, 0.1) is 12.1 Å². The van der Waals surface area contributed by atoms with Gasteiger partial charge in [-0.05, 0) is 6.42 Å². The van der Waals surface area contributed by atoms with Gasteiger partial charge < -0.3 is 4.98 Å². The van der Waals surface area contributed by atoms with Crippen molar-refractivity contribution in [2.45, 2.75) is 6.42 Å². The van der Waals surface area contributed by atoms with E-state index in [1.54, 1.807) is 0 Å². The molecular weight excluding hydrogens is 266 g/mol. The Morgan fingerprint density at radius 3 is 2.94 bits per heavy atom. The SMILES string of the molecule is O=S(=O)(CCCCl)Nc1ncnc2nc[nH]c12. The molecule has 0 amide bonds. The van der Waals surface area contributed by atoms with Gasteiger partial charge in [-0.25, -0.2) is 23.4 Å². The number of nitrogens with one attached hydrogen (secondary N) is 2. The van der Waals surface area contributed by atoms with Crippen LogP contribution in [-0.2, 0) is 10.0 Å². The lowest BCUT2D eigenvalue weighted by molar-refractivity contribution is 0.600. The Morgan fingerprint density at radius 1 is 1.35 bits per heavy atom. The summed E-state index contributed by atoms with van der Waals surface area (Å²) >= 11 is 5.45. The van der Waals surface area contributed by atoms with E-state index in [0.29, 0.717) is 23.5 Å². The van der Waals surface area contributed by atoms with Crippen molar-refractivity contribution < 1.29 is 8.42 Å². The maximum Gasteiger partial charge on any atom is 0.233 e. The van der Waals surface area contributed by atoms with Gasteiger partial charge in [0, 0.05) is 5.88 Å². The number of aromatic amines is 1. The normalized spacial score (nSPS) is 11.8. The number of rotatable bonds is 5. The summed E-state index contributed by atoms with van der Waals surface area (Å²) in [5.74, 6) is 0.447. The topological polar surface area (TPSA) is 101 Å². The number of fused-ring (bicyclic) bond motifs is 1. The molecule has 0 saturated heterocycles. The Balaban J connectivity index is 2.26. The molecule has 17 heavy (non-hydrogen) atoms. The van der Waals surface area contributed by atoms with Crippen LogP contribution >= 0.6 is 11.6 Å². The predicted molar refractivity (Wildman–Crippen MR) is 64.4 cm³/mol. The largest absolute Gasteiger partial charge is 0.340 e. The average Bonchev–Trinajstić information content (AvgIpc) is 2.75. The van der Waals surface area contributed by atoms with Crippen molar-refractivity contribution in [1.82, 2.24) is 19.9 Å². The molecule has 0 aliphatic rings. The van der Waals surface area contributed by atoms with Crippen LogP contribution in [-0.4, -0.2) is 40.0 Å². The Hall–Kier alpha value is -1.41. The van der Waals surface area contributed by atoms with Gasteiger partial charge in [0.2, 0.25) is 10.0 Å². The molecule has 0 fully saturated rings. The molecule has 0 aliphatic heterocycles. The molecular formula is C8H10ClN5O2S. The molecule has 0 unspecified atom stereocenters. The molecule has 2 aromatic heterocycles. The van der Waals surface area contributed by atoms with Crippen molar-refractivity contribution >= 4 is 38.6 Å². The summed E-state index contributed by atoms with van der Waals surface area (Å²) in [6.45, 7) is 0. The Morgan fingerprint density at radius 2 is 2.18 bits per heavy atom. The van der Waals surface area contributed by atoms with Crippen molar-refractivity contribution in [1.29, 1.82) is 0 Å². The van der Waals surface area contributed by atoms with E-state index >= 15 is 0 Å². The summed E-state index contributed by atoms with van der Waals surface area (Å²) in [7, 11) is -3.44. The van der Waals surface area contributed by atoms with Gasteiger partial charge in [-0.15, -0.1) is 11.6 Å². The Kier molecular flexibility index (Phi) is 3.43. The Labute approximate surface area is 103 Å². The fraction of sp³-hybridized carbons (Fsp3) is 0.375. The van der Waals surface area contributed by atoms with E-state index in [2.05, 4.69) is 24.7 Å². The summed E-state index contributed by atoms with van der Waals surface area (Å²) in [4.78, 5) is 14.4. The van der Waals surface area contributed by atoms with Crippen LogP contribution in [0.5, 0.6) is 0 Å². The molecule has 2 N–H and O–H groups in total. The van der Waals surface area contributed by atoms with E-state index in [9.17, 15) is 8.42 Å². The molecule has 0 radical (unpaired) electrons. The molecule has 0 aromatic carbocycles. The van der Waals surface area contributed by atoms with Gasteiger partial charge in [-0.2, -0.15) is 0 Å². The molecule has 0 spiro atoms. The summed E-state index contributed by atoms with van der Waals surface area (Å²) in [6, 6.07) is 0. The molecule has 92 valence electrons. The third-order valence-corrected chi connectivity index (χ3v) is 3.62. The molecule has 0 saturated carbocycles. The predicted octanol–water partition coefficient (Wildman–Crippen LogP) is 0.724. The quantitative estimate of drug-likeness (QED) is 0.783. The fourth-order valence-electron chi connectivity index (χ4n) is 1.29. The highest BCUT2D eigenvalue weighted by molar-refractivity contribution is 7.92. The van der Waals surface area contributed by atoms with Gasteiger partial charge in [0.1, 0.15) is 11.8 Å². The van der Waals surface area contributed by atoms with Crippen LogP contribution in [0.2, 0.25) is 0 Å². The standard InChI is InChI=1S/C8H10ClN5O2S/c9-2-1-3-17(15,16)14-8-6-7(11-4-10-6)12-5-13-8/h4-5H,1-3H2,(H2,10,11,12,13,14). The smallest absolute Gasteiger partial charge is 0.233 e. The van der Waals surface area contributed by atoms with E-state index in [4.69, 9.17) is 11.6 Å². The maximum absolute atomic E-state index is 11.7. The number of hydrogen-bond acceptors (Lipinski definition) is 5. The number of anilines is 1. The number of alkyl halides is 1. The minimum Gasteiger partial charge on any atom is -0.340 e. The second kappa shape index (κ2) is 4.84. The first-order chi connectivity index (χ1) is 8.12. The highest BCUT2D eigenvalue weighted by Gasteiger charge is 2.14. The summed E-state index contributed by atoms with van der Waals surface area (Å²) < 4.78 is 25.7. The zero-order chi connectivity index (χ0) is 12.3. The summed E-state index contributed by atoms with van der Waals surface area (Å²) in [5.41, 5.74) is 0.872. The number of nitrogens with zero attached hydrogens (tertiary/aromatic N) is 3. The van der Waals surface area contributed by atoms with Crippen molar-refractivity contribution in [3.63, 3.8) is 0 Å². The number of halogens is 1. The van der Waals surface area contributed by atoms with E-state index in [1.165, 1.54) is 12.7 Å². The molecule has 0 bridgehead atoms. The zero-order valence-electron chi connectivity index (χ0n) is 8.72. The van der Waals surface area contributed by atoms with Crippen molar-refractivity contribution in [2.75, 3.05) is 16.4 Å². The lowest BCUT2D eigenvalue weighted by Crippen LogP contribution is -2.18. The van der Waals surface area contributed by atoms with Crippen LogP contribution in [0.25, 0.3) is 11.2 Å². The third kappa shape index (κ3) is 2.83. The number of imidazole rings is 1. The van der Waals surface area contributed by atoms with Crippen LogP contribution < -0.4 is 4.72 Å². The second-order valence-electron chi connectivity index (χ2n) is 3.29. The lowest BCUT2D eigenvalue weighted by atomic mass is 10.5. The molecule has 0 atom stereocenters. The average molecular weight is 276 g/mol. The lowest BCUT2D eigenvalue weighted by Gasteiger charge is -2.06. The highest BCUT2D eigenvalue weighted by Crippen LogP contribution is 2.15. The van der Waals surface area contributed by atoms with E-state index in [-0.39, 0.29) is 11.6 Å². The second-order valence-corrected chi connectivity index (χ2v) is 5.51. The summed E-state index contributed by atoms with van der Waals surface area (Å²) in [6.07, 6.45) is 3.06. The highest BCUT2D eigenvalue weighted by atomic mass is 35.5. The minimum absolute atomic E-state index is 0.0455. The van der Waals surface area contributed by atoms with Crippen molar-refractivity contribution in [3.8, 4) is 0 Å². The van der Waals surface area contributed by atoms with Crippen LogP contribution in [0.1, 0.15) is 6.42 Å². The maximum atomic E-state index is 11.7. The molecule has 9 heteroatoms. The first kappa shape index (κ1) is 12.1. The van der Waals surface area contributed by atoms with E-state index in [1.807, 2.05) is 0 Å². The van der Waals surface area contributed by atoms with Gasteiger partial charge in [-0.3, -0.25) is 4.72 Å². The van der Waals surface area contributed by atoms with Crippen molar-refractivity contribution in [3.05, 3.63) is 12.7 Å². The fourth-order valence-corrected chi connectivity index (χ4v) is 2.65. The number of sulfonamides is 1. The monoisotopic (exact) mass is 275 g/mol. The van der Waals surface area contributed by atoms with Crippen molar-refractivity contribution in [2.24, 2.45) is 0 Å². The first-order valence-corrected chi connectivity index (χ1v) is 7.01. The van der Waals surface area contributed by atoms with Crippen LogP contribution in [0.15, 0.2) is 12.7 Å². The van der Waals surface area contributed by atoms with Crippen LogP contribution in [0.4, 0.5) is 5.82 Å². The van der Waals surface area contributed by atoms with E-state index in [0.717, 1.165) is 0 Å². The number of H-pyrrole nitrogens is 1. The number of aromatic nitrogens is 4. The summed E-state index contributed by atoms with van der Waals surface area (Å²) in [5, 5.41) is 0. The molecule has 0 aliphatic carbocycles. The van der Waals surface area contributed by atoms with Gasteiger partial charge in [0.25, 0.3) is 0 Å². The van der Waals surface area contributed by atoms with Crippen LogP contribution in [0.3, 0.4) is 0 Å². The number of hydrogen-bond donors (Lipinski definition) is 2. The molecule has 7 nitrogen and oxygen atoms in total. The zero-order valence-corrected chi connectivity index (χ0v) is 10.3. The van der Waals surface area contributed by atoms with Crippen LogP contribution in [0, 0.1) is 0 Å². The van der Waals surface area contributed by atoms with Gasteiger partial charge >= 0.3 is 0 Å². The minimum atomic E-state index is -3.44. The Bertz CT molecular complexity index is 611. The third-order valence-electron chi connectivity index (χ3n) is 2.02. The molecule has 2 heterocycles. The first-order valence-electron chi connectivity index (χ1n) is 4.83.